The maximum absolute atomic E-state index is 12.6. The van der Waals surface area contributed by atoms with Crippen LogP contribution in [0.5, 0.6) is 11.5 Å². The molecule has 220 valence electrons. The third-order valence-corrected chi connectivity index (χ3v) is 7.10. The van der Waals surface area contributed by atoms with Crippen molar-refractivity contribution in [1.29, 1.82) is 0 Å². The first-order valence-electron chi connectivity index (χ1n) is 15.2. The van der Waals surface area contributed by atoms with Crippen molar-refractivity contribution in [2.24, 2.45) is 5.41 Å². The third-order valence-electron chi connectivity index (χ3n) is 7.10. The van der Waals surface area contributed by atoms with Gasteiger partial charge >= 0.3 is 5.97 Å². The second kappa shape index (κ2) is 14.6. The Hall–Kier alpha value is -3.02. The van der Waals surface area contributed by atoms with Crippen LogP contribution in [0.4, 0.5) is 5.82 Å². The van der Waals surface area contributed by atoms with E-state index < -0.39 is 0 Å². The first-order chi connectivity index (χ1) is 19.0. The number of ether oxygens (including phenoxy) is 2. The summed E-state index contributed by atoms with van der Waals surface area (Å²) < 4.78 is 13.5. The number of anilines is 1. The van der Waals surface area contributed by atoms with Crippen LogP contribution in [0.2, 0.25) is 0 Å². The van der Waals surface area contributed by atoms with E-state index in [1.54, 1.807) is 7.11 Å². The summed E-state index contributed by atoms with van der Waals surface area (Å²) in [5.74, 6) is 1.68. The summed E-state index contributed by atoms with van der Waals surface area (Å²) in [4.78, 5) is 17.5. The molecule has 2 heterocycles. The highest BCUT2D eigenvalue weighted by Crippen LogP contribution is 2.38. The number of pyridine rings is 1. The van der Waals surface area contributed by atoms with Crippen LogP contribution in [0.15, 0.2) is 42.6 Å². The van der Waals surface area contributed by atoms with Gasteiger partial charge in [-0.15, -0.1) is 0 Å². The van der Waals surface area contributed by atoms with Crippen LogP contribution in [-0.2, 0) is 4.79 Å². The molecule has 3 aromatic rings. The monoisotopic (exact) mass is 549 g/mol. The van der Waals surface area contributed by atoms with Crippen LogP contribution in [0.1, 0.15) is 112 Å². The molecule has 0 amide bonds. The van der Waals surface area contributed by atoms with Gasteiger partial charge < -0.3 is 14.8 Å². The quantitative estimate of drug-likeness (QED) is 0.109. The number of aromatic nitrogens is 2. The lowest BCUT2D eigenvalue weighted by molar-refractivity contribution is -0.134. The highest BCUT2D eigenvalue weighted by Gasteiger charge is 2.28. The van der Waals surface area contributed by atoms with Crippen molar-refractivity contribution in [2.75, 3.05) is 12.4 Å². The zero-order chi connectivity index (χ0) is 29.2. The van der Waals surface area contributed by atoms with Crippen LogP contribution in [0.25, 0.3) is 16.9 Å². The predicted octanol–water partition coefficient (Wildman–Crippen LogP) is 9.46. The number of rotatable bonds is 16. The Morgan fingerprint density at radius 2 is 1.57 bits per heavy atom. The molecule has 0 spiro atoms. The minimum Gasteiger partial charge on any atom is -0.493 e. The second-order valence-corrected chi connectivity index (χ2v) is 12.9. The summed E-state index contributed by atoms with van der Waals surface area (Å²) in [5, 5.41) is 3.77. The first-order valence-corrected chi connectivity index (χ1v) is 15.2. The standard InChI is InChI=1S/C34H51N3O3/c1-8-9-10-11-12-13-14-15-16-20-30(38)40-27-22-21-26(24-28(27)39-7)31-32(36-34(5,6)25-33(2,3)4)37-23-18-17-19-29(37)35-31/h17-19,21-24,36H,8-16,20,25H2,1-7H3. The number of hydrogen-bond donors (Lipinski definition) is 1. The van der Waals surface area contributed by atoms with Crippen molar-refractivity contribution in [3.05, 3.63) is 42.6 Å². The Morgan fingerprint density at radius 1 is 0.900 bits per heavy atom. The zero-order valence-electron chi connectivity index (χ0n) is 25.9. The van der Waals surface area contributed by atoms with Crippen molar-refractivity contribution in [3.63, 3.8) is 0 Å². The van der Waals surface area contributed by atoms with Crippen LogP contribution >= 0.6 is 0 Å². The molecule has 0 aliphatic carbocycles. The minimum atomic E-state index is -0.215. The normalized spacial score (nSPS) is 12.1. The summed E-state index contributed by atoms with van der Waals surface area (Å²) in [7, 11) is 1.60. The van der Waals surface area contributed by atoms with Gasteiger partial charge in [0, 0.05) is 23.7 Å². The van der Waals surface area contributed by atoms with Gasteiger partial charge in [0.05, 0.1) is 7.11 Å². The molecule has 40 heavy (non-hydrogen) atoms. The lowest BCUT2D eigenvalue weighted by Crippen LogP contribution is -2.36. The molecule has 0 saturated carbocycles. The Kier molecular flexibility index (Phi) is 11.5. The molecule has 0 radical (unpaired) electrons. The second-order valence-electron chi connectivity index (χ2n) is 12.9. The molecule has 0 unspecified atom stereocenters. The number of esters is 1. The van der Waals surface area contributed by atoms with E-state index in [0.29, 0.717) is 17.9 Å². The molecule has 0 atom stereocenters. The number of benzene rings is 1. The van der Waals surface area contributed by atoms with E-state index >= 15 is 0 Å². The molecule has 1 N–H and O–H groups in total. The predicted molar refractivity (Wildman–Crippen MR) is 166 cm³/mol. The van der Waals surface area contributed by atoms with Crippen LogP contribution in [0, 0.1) is 5.41 Å². The molecule has 1 aromatic carbocycles. The average Bonchev–Trinajstić information content (AvgIpc) is 3.24. The molecule has 0 aliphatic rings. The van der Waals surface area contributed by atoms with Gasteiger partial charge in [-0.2, -0.15) is 0 Å². The Morgan fingerprint density at radius 3 is 2.23 bits per heavy atom. The summed E-state index contributed by atoms with van der Waals surface area (Å²) >= 11 is 0. The van der Waals surface area contributed by atoms with E-state index in [0.717, 1.165) is 42.0 Å². The van der Waals surface area contributed by atoms with Crippen LogP contribution < -0.4 is 14.8 Å². The minimum absolute atomic E-state index is 0.159. The number of methoxy groups -OCH3 is 1. The van der Waals surface area contributed by atoms with E-state index in [-0.39, 0.29) is 16.9 Å². The summed E-state index contributed by atoms with van der Waals surface area (Å²) in [6.45, 7) is 13.5. The first kappa shape index (κ1) is 31.5. The fourth-order valence-electron chi connectivity index (χ4n) is 5.66. The van der Waals surface area contributed by atoms with Crippen molar-refractivity contribution >= 4 is 17.4 Å². The van der Waals surface area contributed by atoms with Crippen molar-refractivity contribution < 1.29 is 14.3 Å². The molecule has 0 saturated heterocycles. The van der Waals surface area contributed by atoms with E-state index in [2.05, 4.69) is 51.3 Å². The van der Waals surface area contributed by atoms with Gasteiger partial charge in [-0.1, -0.05) is 85.1 Å². The van der Waals surface area contributed by atoms with E-state index in [1.807, 2.05) is 42.6 Å². The van der Waals surface area contributed by atoms with Crippen LogP contribution in [-0.4, -0.2) is 28.0 Å². The molecule has 0 bridgehead atoms. The summed E-state index contributed by atoms with van der Waals surface area (Å²) in [6.07, 6.45) is 14.4. The smallest absolute Gasteiger partial charge is 0.311 e. The van der Waals surface area contributed by atoms with Crippen molar-refractivity contribution in [2.45, 2.75) is 118 Å². The molecule has 2 aromatic heterocycles. The maximum Gasteiger partial charge on any atom is 0.311 e. The fourth-order valence-corrected chi connectivity index (χ4v) is 5.66. The molecule has 3 rings (SSSR count). The molecule has 0 aliphatic heterocycles. The van der Waals surface area contributed by atoms with E-state index in [4.69, 9.17) is 14.5 Å². The number of nitrogens with zero attached hydrogens (tertiary/aromatic N) is 2. The SMILES string of the molecule is CCCCCCCCCCCC(=O)Oc1ccc(-c2nc3ccccn3c2NC(C)(C)CC(C)(C)C)cc1OC. The van der Waals surface area contributed by atoms with Gasteiger partial charge in [0.25, 0.3) is 0 Å². The maximum atomic E-state index is 12.6. The Bertz CT molecular complexity index is 1220. The zero-order valence-corrected chi connectivity index (χ0v) is 25.9. The Balaban J connectivity index is 1.69. The van der Waals surface area contributed by atoms with Crippen molar-refractivity contribution in [3.8, 4) is 22.8 Å². The van der Waals surface area contributed by atoms with E-state index in [9.17, 15) is 4.79 Å². The van der Waals surface area contributed by atoms with Gasteiger partial charge in [-0.25, -0.2) is 4.98 Å². The van der Waals surface area contributed by atoms with Gasteiger partial charge in [-0.3, -0.25) is 9.20 Å². The molecular weight excluding hydrogens is 498 g/mol. The lowest BCUT2D eigenvalue weighted by Gasteiger charge is -2.34. The highest BCUT2D eigenvalue weighted by molar-refractivity contribution is 5.79. The molecular formula is C34H51N3O3. The third kappa shape index (κ3) is 9.57. The van der Waals surface area contributed by atoms with E-state index in [1.165, 1.54) is 44.9 Å². The Labute approximate surface area is 241 Å². The fraction of sp³-hybridized carbons (Fsp3) is 0.588. The number of nitrogens with one attached hydrogen (secondary N) is 1. The van der Waals surface area contributed by atoms with Gasteiger partial charge in [0.1, 0.15) is 17.2 Å². The molecule has 6 heteroatoms. The number of unbranched alkanes of at least 4 members (excludes halogenated alkanes) is 8. The van der Waals surface area contributed by atoms with Crippen molar-refractivity contribution in [1.82, 2.24) is 9.38 Å². The average molecular weight is 550 g/mol. The summed E-state index contributed by atoms with van der Waals surface area (Å²) in [5.41, 5.74) is 2.60. The number of hydrogen-bond acceptors (Lipinski definition) is 5. The summed E-state index contributed by atoms with van der Waals surface area (Å²) in [6, 6.07) is 11.7. The van der Waals surface area contributed by atoms with Gasteiger partial charge in [-0.05, 0) is 62.4 Å². The van der Waals surface area contributed by atoms with Gasteiger partial charge in [0.2, 0.25) is 0 Å². The number of imidazole rings is 1. The van der Waals surface area contributed by atoms with Crippen LogP contribution in [0.3, 0.4) is 0 Å². The van der Waals surface area contributed by atoms with Gasteiger partial charge in [0.15, 0.2) is 11.5 Å². The highest BCUT2D eigenvalue weighted by atomic mass is 16.6. The topological polar surface area (TPSA) is 64.9 Å². The number of carbonyl (C=O) groups excluding carboxylic acids is 1. The number of carbonyl (C=O) groups is 1. The largest absolute Gasteiger partial charge is 0.493 e. The molecule has 0 fully saturated rings. The molecule has 6 nitrogen and oxygen atoms in total. The lowest BCUT2D eigenvalue weighted by atomic mass is 9.82. The number of fused-ring (bicyclic) bond motifs is 1.